The summed E-state index contributed by atoms with van der Waals surface area (Å²) in [5.41, 5.74) is 1.29. The normalized spacial score (nSPS) is 13.3. The van der Waals surface area contributed by atoms with E-state index in [9.17, 15) is 0 Å². The van der Waals surface area contributed by atoms with Gasteiger partial charge in [0, 0.05) is 39.9 Å². The number of rotatable bonds is 12. The lowest BCUT2D eigenvalue weighted by atomic mass is 10.1. The maximum absolute atomic E-state index is 5.10. The van der Waals surface area contributed by atoms with Gasteiger partial charge in [-0.1, -0.05) is 30.3 Å². The molecule has 0 spiro atoms. The van der Waals surface area contributed by atoms with E-state index in [2.05, 4.69) is 72.8 Å². The largest absolute Gasteiger partial charge is 0.385 e. The van der Waals surface area contributed by atoms with Crippen LogP contribution in [0.15, 0.2) is 35.3 Å². The summed E-state index contributed by atoms with van der Waals surface area (Å²) in [4.78, 5) is 9.32. The third kappa shape index (κ3) is 9.17. The molecule has 0 fully saturated rings. The van der Waals surface area contributed by atoms with Gasteiger partial charge in [0.2, 0.25) is 0 Å². The van der Waals surface area contributed by atoms with Gasteiger partial charge in [0.1, 0.15) is 0 Å². The zero-order valence-corrected chi connectivity index (χ0v) is 17.2. The Balaban J connectivity index is 2.53. The Bertz CT molecular complexity index is 492. The van der Waals surface area contributed by atoms with E-state index in [1.807, 2.05) is 6.07 Å². The van der Waals surface area contributed by atoms with Gasteiger partial charge in [0.05, 0.1) is 12.6 Å². The van der Waals surface area contributed by atoms with E-state index in [1.54, 1.807) is 7.11 Å². The summed E-state index contributed by atoms with van der Waals surface area (Å²) in [5.74, 6) is 0.876. The first-order valence-electron chi connectivity index (χ1n) is 9.49. The second kappa shape index (κ2) is 13.6. The van der Waals surface area contributed by atoms with Gasteiger partial charge in [-0.3, -0.25) is 4.99 Å². The molecule has 1 aromatic carbocycles. The molecule has 1 unspecified atom stereocenters. The molecule has 0 heterocycles. The molecule has 1 aromatic rings. The minimum absolute atomic E-state index is 0.267. The lowest BCUT2D eigenvalue weighted by molar-refractivity contribution is 0.180. The van der Waals surface area contributed by atoms with Crippen LogP contribution < -0.4 is 10.6 Å². The Morgan fingerprint density at radius 3 is 2.46 bits per heavy atom. The summed E-state index contributed by atoms with van der Waals surface area (Å²) in [5, 5.41) is 6.77. The molecule has 0 saturated carbocycles. The Hall–Kier alpha value is -1.63. The van der Waals surface area contributed by atoms with Gasteiger partial charge < -0.3 is 25.2 Å². The maximum Gasteiger partial charge on any atom is 0.191 e. The fourth-order valence-electron chi connectivity index (χ4n) is 2.72. The zero-order chi connectivity index (χ0) is 19.2. The van der Waals surface area contributed by atoms with Crippen molar-refractivity contribution in [3.8, 4) is 0 Å². The van der Waals surface area contributed by atoms with Crippen molar-refractivity contribution in [1.82, 2.24) is 20.4 Å². The van der Waals surface area contributed by atoms with E-state index in [0.29, 0.717) is 0 Å². The minimum Gasteiger partial charge on any atom is -0.385 e. The van der Waals surface area contributed by atoms with Crippen LogP contribution in [-0.2, 0) is 4.74 Å². The van der Waals surface area contributed by atoms with Gasteiger partial charge in [0.25, 0.3) is 0 Å². The molecule has 0 aliphatic rings. The van der Waals surface area contributed by atoms with Crippen LogP contribution in [-0.4, -0.2) is 83.3 Å². The van der Waals surface area contributed by atoms with Gasteiger partial charge in [-0.2, -0.15) is 0 Å². The molecule has 0 amide bonds. The lowest BCUT2D eigenvalue weighted by Crippen LogP contribution is -2.41. The minimum atomic E-state index is 0.267. The standard InChI is InChI=1S/C20H37N5O/c1-6-21-20(22-13-15-25(4)14-10-16-26-5)23-17-19(24(2)3)18-11-8-7-9-12-18/h7-9,11-12,19H,6,10,13-17H2,1-5H3,(H2,21,22,23). The van der Waals surface area contributed by atoms with Gasteiger partial charge in [-0.05, 0) is 40.1 Å². The predicted octanol–water partition coefficient (Wildman–Crippen LogP) is 1.81. The molecule has 0 saturated heterocycles. The van der Waals surface area contributed by atoms with Crippen molar-refractivity contribution < 1.29 is 4.74 Å². The molecule has 148 valence electrons. The molecule has 6 nitrogen and oxygen atoms in total. The molecule has 1 rings (SSSR count). The summed E-state index contributed by atoms with van der Waals surface area (Å²) in [7, 11) is 8.08. The highest BCUT2D eigenvalue weighted by Gasteiger charge is 2.13. The van der Waals surface area contributed by atoms with Gasteiger partial charge in [-0.25, -0.2) is 0 Å². The highest BCUT2D eigenvalue weighted by molar-refractivity contribution is 5.79. The summed E-state index contributed by atoms with van der Waals surface area (Å²) in [6.45, 7) is 7.36. The third-order valence-electron chi connectivity index (χ3n) is 4.25. The zero-order valence-electron chi connectivity index (χ0n) is 17.2. The molecule has 0 aliphatic heterocycles. The van der Waals surface area contributed by atoms with Crippen molar-refractivity contribution in [2.24, 2.45) is 4.99 Å². The number of hydrogen-bond donors (Lipinski definition) is 2. The van der Waals surface area contributed by atoms with E-state index in [4.69, 9.17) is 9.73 Å². The second-order valence-corrected chi connectivity index (χ2v) is 6.69. The molecule has 26 heavy (non-hydrogen) atoms. The van der Waals surface area contributed by atoms with Crippen molar-refractivity contribution in [3.05, 3.63) is 35.9 Å². The smallest absolute Gasteiger partial charge is 0.191 e. The van der Waals surface area contributed by atoms with Crippen molar-refractivity contribution in [3.63, 3.8) is 0 Å². The van der Waals surface area contributed by atoms with Crippen LogP contribution >= 0.6 is 0 Å². The average Bonchev–Trinajstić information content (AvgIpc) is 2.62. The molecule has 2 N–H and O–H groups in total. The van der Waals surface area contributed by atoms with E-state index in [-0.39, 0.29) is 6.04 Å². The third-order valence-corrected chi connectivity index (χ3v) is 4.25. The highest BCUT2D eigenvalue weighted by Crippen LogP contribution is 2.17. The fourth-order valence-corrected chi connectivity index (χ4v) is 2.72. The SMILES string of the molecule is CCNC(=NCC(c1ccccc1)N(C)C)NCCN(C)CCCOC. The van der Waals surface area contributed by atoms with Crippen molar-refractivity contribution in [1.29, 1.82) is 0 Å². The van der Waals surface area contributed by atoms with Gasteiger partial charge in [-0.15, -0.1) is 0 Å². The van der Waals surface area contributed by atoms with Crippen LogP contribution in [0.5, 0.6) is 0 Å². The molecular weight excluding hydrogens is 326 g/mol. The highest BCUT2D eigenvalue weighted by atomic mass is 16.5. The van der Waals surface area contributed by atoms with E-state index >= 15 is 0 Å². The summed E-state index contributed by atoms with van der Waals surface area (Å²) < 4.78 is 5.10. The Labute approximate surface area is 159 Å². The topological polar surface area (TPSA) is 52.1 Å². The van der Waals surface area contributed by atoms with Gasteiger partial charge in [0.15, 0.2) is 5.96 Å². The van der Waals surface area contributed by atoms with Gasteiger partial charge >= 0.3 is 0 Å². The molecule has 0 aromatic heterocycles. The Morgan fingerprint density at radius 2 is 1.85 bits per heavy atom. The van der Waals surface area contributed by atoms with Crippen molar-refractivity contribution in [2.45, 2.75) is 19.4 Å². The monoisotopic (exact) mass is 363 g/mol. The number of guanidine groups is 1. The summed E-state index contributed by atoms with van der Waals surface area (Å²) in [6, 6.07) is 10.8. The fraction of sp³-hybridized carbons (Fsp3) is 0.650. The Morgan fingerprint density at radius 1 is 1.12 bits per heavy atom. The first-order chi connectivity index (χ1) is 12.6. The van der Waals surface area contributed by atoms with Crippen LogP contribution in [0.25, 0.3) is 0 Å². The first-order valence-corrected chi connectivity index (χ1v) is 9.49. The van der Waals surface area contributed by atoms with Crippen LogP contribution in [0, 0.1) is 0 Å². The molecule has 0 radical (unpaired) electrons. The predicted molar refractivity (Wildman–Crippen MR) is 111 cm³/mol. The number of hydrogen-bond acceptors (Lipinski definition) is 4. The van der Waals surface area contributed by atoms with E-state index < -0.39 is 0 Å². The van der Waals surface area contributed by atoms with Crippen molar-refractivity contribution in [2.75, 3.05) is 67.6 Å². The van der Waals surface area contributed by atoms with Crippen molar-refractivity contribution >= 4 is 5.96 Å². The maximum atomic E-state index is 5.10. The van der Waals surface area contributed by atoms with Crippen LogP contribution in [0.3, 0.4) is 0 Å². The number of ether oxygens (including phenoxy) is 1. The number of benzene rings is 1. The lowest BCUT2D eigenvalue weighted by Gasteiger charge is -2.24. The number of methoxy groups -OCH3 is 1. The van der Waals surface area contributed by atoms with E-state index in [1.165, 1.54) is 5.56 Å². The number of nitrogens with zero attached hydrogens (tertiary/aromatic N) is 3. The number of nitrogens with one attached hydrogen (secondary N) is 2. The number of likely N-dealkylation sites (N-methyl/N-ethyl adjacent to an activating group) is 2. The molecular formula is C20H37N5O. The van der Waals surface area contributed by atoms with Crippen LogP contribution in [0.2, 0.25) is 0 Å². The second-order valence-electron chi connectivity index (χ2n) is 6.69. The summed E-state index contributed by atoms with van der Waals surface area (Å²) in [6.07, 6.45) is 1.06. The molecule has 1 atom stereocenters. The average molecular weight is 364 g/mol. The molecule has 0 aliphatic carbocycles. The van der Waals surface area contributed by atoms with Crippen LogP contribution in [0.1, 0.15) is 24.9 Å². The first kappa shape index (κ1) is 22.4. The van der Waals surface area contributed by atoms with Crippen LogP contribution in [0.4, 0.5) is 0 Å². The van der Waals surface area contributed by atoms with E-state index in [0.717, 1.165) is 51.7 Å². The Kier molecular flexibility index (Phi) is 11.7. The molecule has 6 heteroatoms. The quantitative estimate of drug-likeness (QED) is 0.337. The molecule has 0 bridgehead atoms. The summed E-state index contributed by atoms with van der Waals surface area (Å²) >= 11 is 0. The number of aliphatic imine (C=N–C) groups is 1.